The molecular formula is C12H17ClFN3O. The largest absolute Gasteiger partial charge is 0.386 e. The van der Waals surface area contributed by atoms with Gasteiger partial charge in [0.15, 0.2) is 5.82 Å². The van der Waals surface area contributed by atoms with Gasteiger partial charge in [0.25, 0.3) is 0 Å². The number of aliphatic imine (C=N–C) groups is 1. The predicted molar refractivity (Wildman–Crippen MR) is 73.4 cm³/mol. The van der Waals surface area contributed by atoms with E-state index in [1.165, 1.54) is 6.07 Å². The summed E-state index contributed by atoms with van der Waals surface area (Å²) in [6.07, 6.45) is 0.821. The van der Waals surface area contributed by atoms with E-state index >= 15 is 0 Å². The van der Waals surface area contributed by atoms with Gasteiger partial charge in [-0.3, -0.25) is 0 Å². The van der Waals surface area contributed by atoms with Crippen LogP contribution in [0.2, 0.25) is 0 Å². The summed E-state index contributed by atoms with van der Waals surface area (Å²) in [7, 11) is 1.64. The van der Waals surface area contributed by atoms with E-state index in [0.29, 0.717) is 18.8 Å². The fourth-order valence-corrected chi connectivity index (χ4v) is 1.44. The quantitative estimate of drug-likeness (QED) is 0.347. The number of hydrogen-bond donors (Lipinski definition) is 2. The summed E-state index contributed by atoms with van der Waals surface area (Å²) in [5, 5.41) is 3.09. The SMILES string of the molecule is COCCCNc1cccc(F)c1N=C(N)CCl. The van der Waals surface area contributed by atoms with Crippen LogP contribution in [0.5, 0.6) is 0 Å². The lowest BCUT2D eigenvalue weighted by Crippen LogP contribution is -2.13. The minimum absolute atomic E-state index is 0.0669. The standard InChI is InChI=1S/C12H17ClFN3O/c1-18-7-3-6-16-10-5-2-4-9(14)12(10)17-11(15)8-13/h2,4-5,16H,3,6-8H2,1H3,(H2,15,17). The van der Waals surface area contributed by atoms with E-state index in [0.717, 1.165) is 6.42 Å². The van der Waals surface area contributed by atoms with Crippen molar-refractivity contribution in [3.05, 3.63) is 24.0 Å². The molecule has 18 heavy (non-hydrogen) atoms. The maximum absolute atomic E-state index is 13.7. The lowest BCUT2D eigenvalue weighted by molar-refractivity contribution is 0.198. The van der Waals surface area contributed by atoms with Gasteiger partial charge in [0.05, 0.1) is 11.6 Å². The van der Waals surface area contributed by atoms with Crippen LogP contribution in [0.25, 0.3) is 0 Å². The van der Waals surface area contributed by atoms with Gasteiger partial charge in [-0.15, -0.1) is 11.6 Å². The zero-order valence-corrected chi connectivity index (χ0v) is 11.0. The van der Waals surface area contributed by atoms with Crippen LogP contribution in [-0.2, 0) is 4.74 Å². The number of hydrogen-bond acceptors (Lipinski definition) is 3. The van der Waals surface area contributed by atoms with Crippen molar-refractivity contribution in [1.29, 1.82) is 0 Å². The molecule has 0 aliphatic heterocycles. The number of alkyl halides is 1. The van der Waals surface area contributed by atoms with Crippen molar-refractivity contribution in [2.75, 3.05) is 31.5 Å². The van der Waals surface area contributed by atoms with Crippen molar-refractivity contribution in [2.24, 2.45) is 10.7 Å². The van der Waals surface area contributed by atoms with E-state index < -0.39 is 5.82 Å². The van der Waals surface area contributed by atoms with Crippen LogP contribution in [0.1, 0.15) is 6.42 Å². The minimum atomic E-state index is -0.431. The Morgan fingerprint density at radius 2 is 2.33 bits per heavy atom. The second-order valence-corrected chi connectivity index (χ2v) is 3.91. The van der Waals surface area contributed by atoms with Gasteiger partial charge >= 0.3 is 0 Å². The topological polar surface area (TPSA) is 59.6 Å². The Morgan fingerprint density at radius 3 is 3.00 bits per heavy atom. The molecule has 0 aromatic heterocycles. The van der Waals surface area contributed by atoms with Crippen LogP contribution in [0.15, 0.2) is 23.2 Å². The van der Waals surface area contributed by atoms with E-state index in [-0.39, 0.29) is 17.4 Å². The van der Waals surface area contributed by atoms with Crippen LogP contribution < -0.4 is 11.1 Å². The molecule has 0 heterocycles. The molecule has 0 amide bonds. The molecule has 0 aliphatic rings. The van der Waals surface area contributed by atoms with Gasteiger partial charge in [-0.1, -0.05) is 6.07 Å². The number of rotatable bonds is 7. The summed E-state index contributed by atoms with van der Waals surface area (Å²) in [4.78, 5) is 3.97. The van der Waals surface area contributed by atoms with Crippen LogP contribution in [-0.4, -0.2) is 32.0 Å². The van der Waals surface area contributed by atoms with Crippen LogP contribution >= 0.6 is 11.6 Å². The summed E-state index contributed by atoms with van der Waals surface area (Å²) in [6, 6.07) is 4.70. The molecule has 0 fully saturated rings. The molecule has 0 radical (unpaired) electrons. The van der Waals surface area contributed by atoms with Gasteiger partial charge in [-0.25, -0.2) is 9.38 Å². The molecule has 4 nitrogen and oxygen atoms in total. The summed E-state index contributed by atoms with van der Waals surface area (Å²) in [6.45, 7) is 1.31. The Morgan fingerprint density at radius 1 is 1.56 bits per heavy atom. The van der Waals surface area contributed by atoms with Crippen molar-refractivity contribution >= 4 is 28.8 Å². The maximum atomic E-state index is 13.7. The first kappa shape index (κ1) is 14.7. The van der Waals surface area contributed by atoms with Crippen molar-refractivity contribution < 1.29 is 9.13 Å². The lowest BCUT2D eigenvalue weighted by atomic mass is 10.2. The van der Waals surface area contributed by atoms with Crippen molar-refractivity contribution in [3.63, 3.8) is 0 Å². The van der Waals surface area contributed by atoms with Crippen LogP contribution in [0, 0.1) is 5.82 Å². The molecule has 3 N–H and O–H groups in total. The Balaban J connectivity index is 2.80. The molecule has 0 bridgehead atoms. The summed E-state index contributed by atoms with van der Waals surface area (Å²) in [5.74, 6) is -0.182. The van der Waals surface area contributed by atoms with E-state index in [4.69, 9.17) is 22.1 Å². The summed E-state index contributed by atoms with van der Waals surface area (Å²) < 4.78 is 18.6. The Hall–Kier alpha value is -1.33. The highest BCUT2D eigenvalue weighted by molar-refractivity contribution is 6.28. The first-order valence-electron chi connectivity index (χ1n) is 5.59. The molecule has 6 heteroatoms. The van der Waals surface area contributed by atoms with Gasteiger partial charge in [0, 0.05) is 20.3 Å². The predicted octanol–water partition coefficient (Wildman–Crippen LogP) is 2.50. The molecule has 1 aromatic rings. The molecule has 1 rings (SSSR count). The van der Waals surface area contributed by atoms with Gasteiger partial charge in [-0.05, 0) is 18.6 Å². The smallest absolute Gasteiger partial charge is 0.151 e. The molecule has 0 saturated carbocycles. The molecular weight excluding hydrogens is 257 g/mol. The van der Waals surface area contributed by atoms with E-state index in [1.807, 2.05) is 0 Å². The molecule has 0 aliphatic carbocycles. The monoisotopic (exact) mass is 273 g/mol. The zero-order valence-electron chi connectivity index (χ0n) is 10.2. The normalized spacial score (nSPS) is 11.6. The average Bonchev–Trinajstić information content (AvgIpc) is 2.38. The molecule has 0 unspecified atom stereocenters. The van der Waals surface area contributed by atoms with Crippen molar-refractivity contribution in [1.82, 2.24) is 0 Å². The van der Waals surface area contributed by atoms with E-state index in [9.17, 15) is 4.39 Å². The van der Waals surface area contributed by atoms with E-state index in [1.54, 1.807) is 19.2 Å². The number of nitrogens with two attached hydrogens (primary N) is 1. The number of nitrogens with zero attached hydrogens (tertiary/aromatic N) is 1. The fraction of sp³-hybridized carbons (Fsp3) is 0.417. The fourth-order valence-electron chi connectivity index (χ4n) is 1.38. The highest BCUT2D eigenvalue weighted by Crippen LogP contribution is 2.28. The first-order valence-corrected chi connectivity index (χ1v) is 6.12. The second-order valence-electron chi connectivity index (χ2n) is 3.65. The maximum Gasteiger partial charge on any atom is 0.151 e. The van der Waals surface area contributed by atoms with Gasteiger partial charge < -0.3 is 15.8 Å². The Bertz CT molecular complexity index is 412. The van der Waals surface area contributed by atoms with Crippen molar-refractivity contribution in [2.45, 2.75) is 6.42 Å². The minimum Gasteiger partial charge on any atom is -0.386 e. The number of para-hydroxylation sites is 1. The third-order valence-corrected chi connectivity index (χ3v) is 2.49. The molecule has 0 spiro atoms. The highest BCUT2D eigenvalue weighted by Gasteiger charge is 2.07. The third-order valence-electron chi connectivity index (χ3n) is 2.22. The first-order chi connectivity index (χ1) is 8.69. The average molecular weight is 274 g/mol. The summed E-state index contributed by atoms with van der Waals surface area (Å²) in [5.41, 5.74) is 6.31. The number of nitrogens with one attached hydrogen (secondary N) is 1. The molecule has 1 aromatic carbocycles. The number of halogens is 2. The van der Waals surface area contributed by atoms with Crippen LogP contribution in [0.4, 0.5) is 15.8 Å². The van der Waals surface area contributed by atoms with Crippen molar-refractivity contribution in [3.8, 4) is 0 Å². The zero-order chi connectivity index (χ0) is 13.4. The number of methoxy groups -OCH3 is 1. The number of ether oxygens (including phenoxy) is 1. The molecule has 100 valence electrons. The molecule has 0 atom stereocenters. The second kappa shape index (κ2) is 7.89. The Labute approximate surface area is 111 Å². The van der Waals surface area contributed by atoms with Gasteiger partial charge in [0.1, 0.15) is 11.5 Å². The number of amidine groups is 1. The van der Waals surface area contributed by atoms with Gasteiger partial charge in [0.2, 0.25) is 0 Å². The number of anilines is 1. The van der Waals surface area contributed by atoms with Gasteiger partial charge in [-0.2, -0.15) is 0 Å². The summed E-state index contributed by atoms with van der Waals surface area (Å²) >= 11 is 5.54. The third kappa shape index (κ3) is 4.50. The Kier molecular flexibility index (Phi) is 6.46. The van der Waals surface area contributed by atoms with E-state index in [2.05, 4.69) is 10.3 Å². The number of benzene rings is 1. The van der Waals surface area contributed by atoms with Crippen LogP contribution in [0.3, 0.4) is 0 Å². The highest BCUT2D eigenvalue weighted by atomic mass is 35.5. The lowest BCUT2D eigenvalue weighted by Gasteiger charge is -2.10. The molecule has 0 saturated heterocycles.